The number of alkyl halides is 1. The lowest BCUT2D eigenvalue weighted by Gasteiger charge is -2.36. The fraction of sp³-hybridized carbons (Fsp3) is 0.300. The van der Waals surface area contributed by atoms with E-state index in [2.05, 4.69) is 31.9 Å². The molecule has 0 spiro atoms. The Balaban J connectivity index is 2.16. The minimum absolute atomic E-state index is 0.129. The standard InChI is InChI=1S/C20H20Br2N2O3/c1-12-4-6-15(7-5-12)20(27)18(25)23(17-10-8-16(22)9-11-17)19(26)24(20)14(3)13(2)21/h4-11,13-14,27H,1-3H3/t13?,14-,20?/m0/s1. The molecule has 5 nitrogen and oxygen atoms in total. The topological polar surface area (TPSA) is 60.9 Å². The van der Waals surface area contributed by atoms with Crippen LogP contribution in [-0.2, 0) is 10.5 Å². The van der Waals surface area contributed by atoms with Crippen molar-refractivity contribution in [1.82, 2.24) is 4.90 Å². The van der Waals surface area contributed by atoms with Gasteiger partial charge in [0.05, 0.1) is 5.69 Å². The smallest absolute Gasteiger partial charge is 0.334 e. The van der Waals surface area contributed by atoms with Crippen LogP contribution in [0.2, 0.25) is 0 Å². The van der Waals surface area contributed by atoms with Crippen molar-refractivity contribution in [2.45, 2.75) is 37.4 Å². The maximum atomic E-state index is 13.3. The predicted molar refractivity (Wildman–Crippen MR) is 112 cm³/mol. The van der Waals surface area contributed by atoms with Gasteiger partial charge in [0.2, 0.25) is 0 Å². The van der Waals surface area contributed by atoms with Gasteiger partial charge in [-0.05, 0) is 38.1 Å². The number of aryl methyl sites for hydroxylation is 1. The quantitative estimate of drug-likeness (QED) is 0.500. The third-order valence-corrected chi connectivity index (χ3v) is 6.15. The monoisotopic (exact) mass is 494 g/mol. The Morgan fingerprint density at radius 3 is 2.07 bits per heavy atom. The number of anilines is 1. The SMILES string of the molecule is Cc1ccc(C2(O)C(=O)N(c3ccc(Br)cc3)C(=O)N2[C@@H](C)C(C)Br)cc1. The molecule has 142 valence electrons. The van der Waals surface area contributed by atoms with E-state index in [9.17, 15) is 14.7 Å². The molecule has 0 aromatic heterocycles. The summed E-state index contributed by atoms with van der Waals surface area (Å²) in [6.07, 6.45) is 0. The molecule has 1 aliphatic heterocycles. The summed E-state index contributed by atoms with van der Waals surface area (Å²) < 4.78 is 0.832. The van der Waals surface area contributed by atoms with Crippen molar-refractivity contribution in [3.63, 3.8) is 0 Å². The van der Waals surface area contributed by atoms with Crippen molar-refractivity contribution in [2.24, 2.45) is 0 Å². The van der Waals surface area contributed by atoms with Crippen LogP contribution in [0, 0.1) is 6.92 Å². The zero-order valence-electron chi connectivity index (χ0n) is 15.2. The highest BCUT2D eigenvalue weighted by Crippen LogP contribution is 2.40. The van der Waals surface area contributed by atoms with E-state index in [0.29, 0.717) is 11.3 Å². The fourth-order valence-corrected chi connectivity index (χ4v) is 3.63. The van der Waals surface area contributed by atoms with Gasteiger partial charge in [-0.1, -0.05) is 68.6 Å². The van der Waals surface area contributed by atoms with Crippen molar-refractivity contribution in [1.29, 1.82) is 0 Å². The van der Waals surface area contributed by atoms with Crippen LogP contribution in [0.5, 0.6) is 0 Å². The fourth-order valence-electron chi connectivity index (χ4n) is 3.13. The van der Waals surface area contributed by atoms with Crippen molar-refractivity contribution in [2.75, 3.05) is 4.90 Å². The minimum atomic E-state index is -2.07. The Bertz CT molecular complexity index is 868. The van der Waals surface area contributed by atoms with Gasteiger partial charge in [0.15, 0.2) is 0 Å². The number of hydrogen-bond donors (Lipinski definition) is 1. The van der Waals surface area contributed by atoms with Crippen LogP contribution in [0.3, 0.4) is 0 Å². The van der Waals surface area contributed by atoms with E-state index < -0.39 is 23.7 Å². The third kappa shape index (κ3) is 3.32. The van der Waals surface area contributed by atoms with Crippen LogP contribution in [0.4, 0.5) is 10.5 Å². The second-order valence-corrected chi connectivity index (χ2v) is 9.09. The van der Waals surface area contributed by atoms with Gasteiger partial charge in [0, 0.05) is 20.9 Å². The molecule has 1 aliphatic rings. The Morgan fingerprint density at radius 1 is 1.00 bits per heavy atom. The molecule has 1 heterocycles. The molecule has 27 heavy (non-hydrogen) atoms. The van der Waals surface area contributed by atoms with Crippen molar-refractivity contribution in [3.05, 3.63) is 64.1 Å². The summed E-state index contributed by atoms with van der Waals surface area (Å²) in [6.45, 7) is 5.60. The van der Waals surface area contributed by atoms with Gasteiger partial charge in [0.1, 0.15) is 0 Å². The number of urea groups is 1. The first-order valence-corrected chi connectivity index (χ1v) is 10.3. The normalized spacial score (nSPS) is 22.3. The molecule has 1 saturated heterocycles. The first kappa shape index (κ1) is 20.0. The van der Waals surface area contributed by atoms with Crippen LogP contribution in [0.15, 0.2) is 53.0 Å². The number of amides is 3. The molecular weight excluding hydrogens is 476 g/mol. The number of rotatable bonds is 4. The first-order chi connectivity index (χ1) is 12.7. The maximum Gasteiger partial charge on any atom is 0.334 e. The average molecular weight is 496 g/mol. The van der Waals surface area contributed by atoms with Crippen LogP contribution in [-0.4, -0.2) is 32.8 Å². The Labute approximate surface area is 175 Å². The molecule has 1 N–H and O–H groups in total. The molecule has 7 heteroatoms. The molecule has 0 saturated carbocycles. The summed E-state index contributed by atoms with van der Waals surface area (Å²) in [4.78, 5) is 28.7. The molecule has 3 amide bonds. The highest BCUT2D eigenvalue weighted by Gasteiger charge is 2.60. The lowest BCUT2D eigenvalue weighted by atomic mass is 9.98. The number of hydrogen-bond acceptors (Lipinski definition) is 3. The van der Waals surface area contributed by atoms with Crippen LogP contribution in [0.1, 0.15) is 25.0 Å². The highest BCUT2D eigenvalue weighted by molar-refractivity contribution is 9.10. The van der Waals surface area contributed by atoms with Crippen molar-refractivity contribution in [3.8, 4) is 0 Å². The summed E-state index contributed by atoms with van der Waals surface area (Å²) in [5.41, 5.74) is -0.293. The summed E-state index contributed by atoms with van der Waals surface area (Å²) in [6, 6.07) is 12.9. The van der Waals surface area contributed by atoms with Gasteiger partial charge < -0.3 is 5.11 Å². The number of nitrogens with zero attached hydrogens (tertiary/aromatic N) is 2. The molecule has 1 fully saturated rings. The Kier molecular flexibility index (Phi) is 5.47. The summed E-state index contributed by atoms with van der Waals surface area (Å²) in [5, 5.41) is 11.5. The number of halogens is 2. The van der Waals surface area contributed by atoms with E-state index in [1.165, 1.54) is 4.90 Å². The largest absolute Gasteiger partial charge is 0.359 e. The van der Waals surface area contributed by atoms with E-state index in [0.717, 1.165) is 14.9 Å². The number of carbonyl (C=O) groups is 2. The minimum Gasteiger partial charge on any atom is -0.359 e. The summed E-state index contributed by atoms with van der Waals surface area (Å²) in [5.74, 6) is -0.682. The Morgan fingerprint density at radius 2 is 1.56 bits per heavy atom. The van der Waals surface area contributed by atoms with E-state index in [1.54, 1.807) is 43.3 Å². The molecule has 0 bridgehead atoms. The lowest BCUT2D eigenvalue weighted by Crippen LogP contribution is -2.53. The van der Waals surface area contributed by atoms with Gasteiger partial charge in [-0.2, -0.15) is 0 Å². The number of aliphatic hydroxyl groups is 1. The molecular formula is C20H20Br2N2O3. The zero-order valence-corrected chi connectivity index (χ0v) is 18.4. The third-order valence-electron chi connectivity index (χ3n) is 4.86. The van der Waals surface area contributed by atoms with Gasteiger partial charge in [0.25, 0.3) is 11.6 Å². The van der Waals surface area contributed by atoms with Gasteiger partial charge in [-0.3, -0.25) is 9.69 Å². The summed E-state index contributed by atoms with van der Waals surface area (Å²) in [7, 11) is 0. The zero-order chi connectivity index (χ0) is 19.9. The van der Waals surface area contributed by atoms with Gasteiger partial charge >= 0.3 is 6.03 Å². The van der Waals surface area contributed by atoms with E-state index in [1.807, 2.05) is 26.0 Å². The molecule has 2 unspecified atom stereocenters. The number of carbonyl (C=O) groups excluding carboxylic acids is 2. The van der Waals surface area contributed by atoms with Crippen molar-refractivity contribution >= 4 is 49.5 Å². The van der Waals surface area contributed by atoms with Gasteiger partial charge in [-0.25, -0.2) is 9.69 Å². The summed E-state index contributed by atoms with van der Waals surface area (Å²) >= 11 is 6.83. The number of imide groups is 1. The van der Waals surface area contributed by atoms with E-state index >= 15 is 0 Å². The molecule has 2 aromatic carbocycles. The lowest BCUT2D eigenvalue weighted by molar-refractivity contribution is -0.151. The number of benzene rings is 2. The molecule has 0 aliphatic carbocycles. The predicted octanol–water partition coefficient (Wildman–Crippen LogP) is 4.54. The van der Waals surface area contributed by atoms with Crippen LogP contribution >= 0.6 is 31.9 Å². The Hall–Kier alpha value is -1.70. The molecule has 3 atom stereocenters. The molecule has 2 aromatic rings. The van der Waals surface area contributed by atoms with E-state index in [4.69, 9.17) is 0 Å². The van der Waals surface area contributed by atoms with Crippen LogP contribution < -0.4 is 4.90 Å². The second kappa shape index (κ2) is 7.37. The maximum absolute atomic E-state index is 13.3. The van der Waals surface area contributed by atoms with Crippen LogP contribution in [0.25, 0.3) is 0 Å². The first-order valence-electron chi connectivity index (χ1n) is 8.55. The molecule has 3 rings (SSSR count). The van der Waals surface area contributed by atoms with E-state index in [-0.39, 0.29) is 4.83 Å². The second-order valence-electron chi connectivity index (χ2n) is 6.73. The highest BCUT2D eigenvalue weighted by atomic mass is 79.9. The van der Waals surface area contributed by atoms with Gasteiger partial charge in [-0.15, -0.1) is 0 Å². The average Bonchev–Trinajstić information content (AvgIpc) is 2.83. The molecule has 0 radical (unpaired) electrons. The van der Waals surface area contributed by atoms with Crippen molar-refractivity contribution < 1.29 is 14.7 Å².